The predicted molar refractivity (Wildman–Crippen MR) is 146 cm³/mol. The van der Waals surface area contributed by atoms with Crippen LogP contribution in [0.2, 0.25) is 0 Å². The van der Waals surface area contributed by atoms with E-state index in [4.69, 9.17) is 5.73 Å². The molecule has 194 valence electrons. The normalized spacial score (nSPS) is 20.8. The number of phenols is 1. The number of phenolic OH excluding ortho intramolecular Hbond substituents is 1. The zero-order valence-corrected chi connectivity index (χ0v) is 21.0. The molecule has 10 nitrogen and oxygen atoms in total. The molecule has 1 amide bonds. The van der Waals surface area contributed by atoms with Crippen LogP contribution in [-0.4, -0.2) is 82.4 Å². The molecule has 4 N–H and O–H groups in total. The summed E-state index contributed by atoms with van der Waals surface area (Å²) < 4.78 is 0. The second-order valence-corrected chi connectivity index (χ2v) is 9.91. The van der Waals surface area contributed by atoms with Gasteiger partial charge in [-0.25, -0.2) is 4.98 Å². The van der Waals surface area contributed by atoms with Gasteiger partial charge in [-0.3, -0.25) is 4.79 Å². The van der Waals surface area contributed by atoms with Gasteiger partial charge in [0, 0.05) is 55.7 Å². The molecule has 3 aliphatic heterocycles. The number of carbonyl (C=O) groups excluding carboxylic acids is 1. The zero-order valence-electron chi connectivity index (χ0n) is 21.0. The molecular weight excluding hydrogens is 480 g/mol. The van der Waals surface area contributed by atoms with Crippen molar-refractivity contribution < 1.29 is 9.90 Å². The fraction of sp³-hybridized carbons (Fsp3) is 0.357. The summed E-state index contributed by atoms with van der Waals surface area (Å²) >= 11 is 0. The van der Waals surface area contributed by atoms with Crippen LogP contribution in [0.15, 0.2) is 48.7 Å². The molecule has 2 bridgehead atoms. The van der Waals surface area contributed by atoms with Gasteiger partial charge < -0.3 is 30.9 Å². The lowest BCUT2D eigenvalue weighted by molar-refractivity contribution is -0.131. The Morgan fingerprint density at radius 3 is 2.71 bits per heavy atom. The van der Waals surface area contributed by atoms with E-state index in [-0.39, 0.29) is 11.7 Å². The molecule has 1 aromatic carbocycles. The Balaban J connectivity index is 1.19. The first-order chi connectivity index (χ1) is 18.6. The Morgan fingerprint density at radius 1 is 1.11 bits per heavy atom. The number of fused-ring (bicyclic) bond motifs is 2. The lowest BCUT2D eigenvalue weighted by Crippen LogP contribution is -2.54. The van der Waals surface area contributed by atoms with Gasteiger partial charge in [0.1, 0.15) is 11.4 Å². The Bertz CT molecular complexity index is 1400. The van der Waals surface area contributed by atoms with E-state index in [1.807, 2.05) is 36.5 Å². The Labute approximate surface area is 221 Å². The van der Waals surface area contributed by atoms with Crippen LogP contribution in [0.3, 0.4) is 0 Å². The fourth-order valence-electron chi connectivity index (χ4n) is 5.67. The molecular formula is C28H30N8O2. The number of nitrogen functional groups attached to an aromatic ring is 1. The number of pyridine rings is 1. The second-order valence-electron chi connectivity index (χ2n) is 9.91. The largest absolute Gasteiger partial charge is 0.507 e. The van der Waals surface area contributed by atoms with E-state index in [1.165, 1.54) is 0 Å². The Kier molecular flexibility index (Phi) is 6.43. The van der Waals surface area contributed by atoms with Crippen molar-refractivity contribution in [1.29, 1.82) is 0 Å². The van der Waals surface area contributed by atoms with Crippen LogP contribution in [0.5, 0.6) is 5.75 Å². The molecule has 38 heavy (non-hydrogen) atoms. The van der Waals surface area contributed by atoms with Crippen LogP contribution in [0.25, 0.3) is 11.3 Å². The summed E-state index contributed by atoms with van der Waals surface area (Å²) in [7, 11) is 0. The number of rotatable bonds is 4. The molecule has 2 aromatic heterocycles. The van der Waals surface area contributed by atoms with E-state index < -0.39 is 0 Å². The first-order valence-electron chi connectivity index (χ1n) is 12.9. The van der Waals surface area contributed by atoms with E-state index in [2.05, 4.69) is 42.1 Å². The summed E-state index contributed by atoms with van der Waals surface area (Å²) in [6.07, 6.45) is 3.98. The molecule has 0 aliphatic carbocycles. The van der Waals surface area contributed by atoms with Crippen molar-refractivity contribution in [3.8, 4) is 28.8 Å². The zero-order chi connectivity index (χ0) is 26.1. The average Bonchev–Trinajstić information content (AvgIpc) is 3.20. The lowest BCUT2D eigenvalue weighted by atomic mass is 10.1. The standard InChI is InChI=1S/C28H30N8O2/c29-28-25(15-24(32-33-28)23-5-1-2-6-26(23)37)35-17-21-7-8-22(18-35)36(21)20-9-10-31-19(14-20)4-3-12-34-13-11-30-16-27(34)38/h1-2,5-6,9-10,14-15,21-22,30,37H,7-8,11-13,16-18H2,(H2,29,33). The van der Waals surface area contributed by atoms with Gasteiger partial charge in [-0.1, -0.05) is 18.1 Å². The van der Waals surface area contributed by atoms with Crippen LogP contribution >= 0.6 is 0 Å². The van der Waals surface area contributed by atoms with E-state index >= 15 is 0 Å². The first-order valence-corrected chi connectivity index (χ1v) is 12.9. The molecule has 0 saturated carbocycles. The number of aromatic hydroxyl groups is 1. The number of hydrogen-bond donors (Lipinski definition) is 3. The second kappa shape index (κ2) is 10.2. The lowest BCUT2D eigenvalue weighted by Gasteiger charge is -2.43. The minimum Gasteiger partial charge on any atom is -0.507 e. The van der Waals surface area contributed by atoms with Crippen LogP contribution < -0.4 is 20.9 Å². The molecule has 3 saturated heterocycles. The number of aromatic nitrogens is 3. The third-order valence-electron chi connectivity index (χ3n) is 7.52. The van der Waals surface area contributed by atoms with Crippen molar-refractivity contribution in [2.75, 3.05) is 54.8 Å². The molecule has 0 spiro atoms. The number of hydrogen-bond acceptors (Lipinski definition) is 9. The number of benzene rings is 1. The molecule has 5 heterocycles. The van der Waals surface area contributed by atoms with Crippen molar-refractivity contribution in [3.05, 3.63) is 54.4 Å². The number of piperazine rings is 2. The van der Waals surface area contributed by atoms with Crippen molar-refractivity contribution in [1.82, 2.24) is 25.4 Å². The fourth-order valence-corrected chi connectivity index (χ4v) is 5.67. The van der Waals surface area contributed by atoms with Crippen LogP contribution in [0, 0.1) is 11.8 Å². The highest BCUT2D eigenvalue weighted by atomic mass is 16.3. The van der Waals surface area contributed by atoms with Gasteiger partial charge in [-0.2, -0.15) is 0 Å². The third-order valence-corrected chi connectivity index (χ3v) is 7.52. The van der Waals surface area contributed by atoms with Gasteiger partial charge in [0.05, 0.1) is 24.5 Å². The van der Waals surface area contributed by atoms with Gasteiger partial charge in [-0.05, 0) is 49.1 Å². The van der Waals surface area contributed by atoms with Crippen LogP contribution in [0.1, 0.15) is 18.5 Å². The highest BCUT2D eigenvalue weighted by molar-refractivity contribution is 5.79. The summed E-state index contributed by atoms with van der Waals surface area (Å²) in [5, 5.41) is 21.8. The monoisotopic (exact) mass is 510 g/mol. The number of carbonyl (C=O) groups is 1. The quantitative estimate of drug-likeness (QED) is 0.448. The maximum absolute atomic E-state index is 12.0. The minimum atomic E-state index is 0.0828. The summed E-state index contributed by atoms with van der Waals surface area (Å²) in [5.41, 5.74) is 10.2. The molecule has 6 rings (SSSR count). The number of amides is 1. The number of nitrogens with zero attached hydrogens (tertiary/aromatic N) is 6. The van der Waals surface area contributed by atoms with Crippen LogP contribution in [-0.2, 0) is 4.79 Å². The third kappa shape index (κ3) is 4.68. The molecule has 2 atom stereocenters. The summed E-state index contributed by atoms with van der Waals surface area (Å²) in [5.74, 6) is 6.91. The predicted octanol–water partition coefficient (Wildman–Crippen LogP) is 1.47. The number of anilines is 3. The minimum absolute atomic E-state index is 0.0828. The van der Waals surface area contributed by atoms with Crippen LogP contribution in [0.4, 0.5) is 17.2 Å². The van der Waals surface area contributed by atoms with E-state index in [9.17, 15) is 9.90 Å². The molecule has 2 unspecified atom stereocenters. The maximum atomic E-state index is 12.0. The summed E-state index contributed by atoms with van der Waals surface area (Å²) in [4.78, 5) is 23.0. The first kappa shape index (κ1) is 24.0. The highest BCUT2D eigenvalue weighted by Crippen LogP contribution is 2.38. The van der Waals surface area contributed by atoms with Crippen molar-refractivity contribution >= 4 is 23.1 Å². The van der Waals surface area contributed by atoms with Crippen molar-refractivity contribution in [3.63, 3.8) is 0 Å². The number of nitrogens with two attached hydrogens (primary N) is 1. The molecule has 3 fully saturated rings. The summed E-state index contributed by atoms with van der Waals surface area (Å²) in [6.45, 7) is 3.89. The van der Waals surface area contributed by atoms with Gasteiger partial charge in [0.25, 0.3) is 0 Å². The van der Waals surface area contributed by atoms with E-state index in [1.54, 1.807) is 17.0 Å². The Morgan fingerprint density at radius 2 is 1.92 bits per heavy atom. The maximum Gasteiger partial charge on any atom is 0.237 e. The number of para-hydroxylation sites is 1. The number of nitrogens with one attached hydrogen (secondary N) is 1. The van der Waals surface area contributed by atoms with E-state index in [0.717, 1.165) is 43.9 Å². The highest BCUT2D eigenvalue weighted by Gasteiger charge is 2.40. The van der Waals surface area contributed by atoms with E-state index in [0.29, 0.717) is 54.5 Å². The van der Waals surface area contributed by atoms with Crippen molar-refractivity contribution in [2.24, 2.45) is 0 Å². The SMILES string of the molecule is Nc1nnc(-c2ccccc2O)cc1N1CC2CCC(C1)N2c1ccnc(C#CCN2CCNCC2=O)c1. The molecule has 3 aliphatic rings. The van der Waals surface area contributed by atoms with Gasteiger partial charge in [-0.15, -0.1) is 10.2 Å². The van der Waals surface area contributed by atoms with Gasteiger partial charge in [0.15, 0.2) is 5.82 Å². The molecule has 3 aromatic rings. The topological polar surface area (TPSA) is 124 Å². The summed E-state index contributed by atoms with van der Waals surface area (Å²) in [6, 6.07) is 13.8. The molecule has 0 radical (unpaired) electrons. The van der Waals surface area contributed by atoms with Gasteiger partial charge in [0.2, 0.25) is 5.91 Å². The Hall–Kier alpha value is -4.36. The smallest absolute Gasteiger partial charge is 0.237 e. The van der Waals surface area contributed by atoms with Crippen molar-refractivity contribution in [2.45, 2.75) is 24.9 Å². The average molecular weight is 511 g/mol. The van der Waals surface area contributed by atoms with Gasteiger partial charge >= 0.3 is 0 Å². The molecule has 10 heteroatoms.